The van der Waals surface area contributed by atoms with E-state index in [1.807, 2.05) is 25.2 Å². The Morgan fingerprint density at radius 2 is 1.90 bits per heavy atom. The molecule has 1 atom stereocenters. The van der Waals surface area contributed by atoms with Crippen LogP contribution in [-0.4, -0.2) is 49.4 Å². The molecular formula is C19H23Cl2N2O4PS. The van der Waals surface area contributed by atoms with E-state index in [0.29, 0.717) is 16.5 Å². The molecular weight excluding hydrogens is 454 g/mol. The maximum absolute atomic E-state index is 12.4. The highest BCUT2D eigenvalue weighted by Crippen LogP contribution is 2.38. The lowest BCUT2D eigenvalue weighted by atomic mass is 9.85. The molecule has 1 aliphatic rings. The second-order valence-electron chi connectivity index (χ2n) is 7.12. The predicted molar refractivity (Wildman–Crippen MR) is 117 cm³/mol. The highest BCUT2D eigenvalue weighted by Gasteiger charge is 2.27. The standard InChI is InChI=1S/C19H23Cl2N2O4PS/c1-23-11-17(16-9-14(20)10-19(21)18(16)12-23)13-3-5-15(6-4-13)29(26,27)22-7-2-8-28(24)25/h3-6,9-10,17,22,24-25H,2,7-8,11-12H2,1H3. The number of fused-ring (bicyclic) bond motifs is 1. The summed E-state index contributed by atoms with van der Waals surface area (Å²) in [5.41, 5.74) is 3.10. The van der Waals surface area contributed by atoms with Crippen LogP contribution in [0.1, 0.15) is 29.0 Å². The number of hydrogen-bond acceptors (Lipinski definition) is 5. The molecule has 0 amide bonds. The summed E-state index contributed by atoms with van der Waals surface area (Å²) >= 11 is 12.6. The summed E-state index contributed by atoms with van der Waals surface area (Å²) in [7, 11) is -3.63. The second kappa shape index (κ2) is 9.58. The van der Waals surface area contributed by atoms with Gasteiger partial charge >= 0.3 is 0 Å². The average Bonchev–Trinajstić information content (AvgIpc) is 2.65. The molecule has 3 N–H and O–H groups in total. The first-order valence-electron chi connectivity index (χ1n) is 9.08. The molecule has 6 nitrogen and oxygen atoms in total. The van der Waals surface area contributed by atoms with E-state index in [2.05, 4.69) is 9.62 Å². The van der Waals surface area contributed by atoms with Gasteiger partial charge in [-0.2, -0.15) is 0 Å². The summed E-state index contributed by atoms with van der Waals surface area (Å²) in [6.07, 6.45) is 0.541. The number of likely N-dealkylation sites (N-methyl/N-ethyl adjacent to an activating group) is 1. The fraction of sp³-hybridized carbons (Fsp3) is 0.368. The molecule has 2 aromatic carbocycles. The maximum Gasteiger partial charge on any atom is 0.240 e. The molecule has 158 valence electrons. The smallest absolute Gasteiger partial charge is 0.240 e. The van der Waals surface area contributed by atoms with E-state index < -0.39 is 18.4 Å². The molecule has 3 rings (SSSR count). The average molecular weight is 477 g/mol. The van der Waals surface area contributed by atoms with Gasteiger partial charge in [0.15, 0.2) is 8.38 Å². The van der Waals surface area contributed by atoms with Crippen LogP contribution in [0, 0.1) is 0 Å². The van der Waals surface area contributed by atoms with Crippen LogP contribution in [0.5, 0.6) is 0 Å². The molecule has 0 saturated heterocycles. The van der Waals surface area contributed by atoms with E-state index in [4.69, 9.17) is 33.0 Å². The van der Waals surface area contributed by atoms with Crippen molar-refractivity contribution in [3.05, 3.63) is 63.1 Å². The molecule has 0 aromatic heterocycles. The number of nitrogens with one attached hydrogen (secondary N) is 1. The van der Waals surface area contributed by atoms with Crippen molar-refractivity contribution in [2.24, 2.45) is 0 Å². The molecule has 1 aliphatic heterocycles. The Labute approximate surface area is 182 Å². The first-order chi connectivity index (χ1) is 13.7. The van der Waals surface area contributed by atoms with Crippen molar-refractivity contribution in [1.82, 2.24) is 9.62 Å². The third-order valence-electron chi connectivity index (χ3n) is 4.91. The van der Waals surface area contributed by atoms with Gasteiger partial charge in [-0.05, 0) is 54.4 Å². The highest BCUT2D eigenvalue weighted by atomic mass is 35.5. The van der Waals surface area contributed by atoms with Gasteiger partial charge in [-0.15, -0.1) is 0 Å². The van der Waals surface area contributed by atoms with Gasteiger partial charge in [0.1, 0.15) is 0 Å². The van der Waals surface area contributed by atoms with Gasteiger partial charge in [-0.1, -0.05) is 35.3 Å². The van der Waals surface area contributed by atoms with Crippen molar-refractivity contribution >= 4 is 41.6 Å². The zero-order chi connectivity index (χ0) is 21.2. The van der Waals surface area contributed by atoms with Crippen molar-refractivity contribution in [3.8, 4) is 0 Å². The molecule has 10 heteroatoms. The summed E-state index contributed by atoms with van der Waals surface area (Å²) in [6, 6.07) is 10.5. The van der Waals surface area contributed by atoms with Crippen molar-refractivity contribution in [2.75, 3.05) is 26.3 Å². The van der Waals surface area contributed by atoms with Gasteiger partial charge < -0.3 is 14.7 Å². The third-order valence-corrected chi connectivity index (χ3v) is 7.66. The minimum atomic E-state index is -3.65. The minimum absolute atomic E-state index is 0.0398. The predicted octanol–water partition coefficient (Wildman–Crippen LogP) is 3.54. The van der Waals surface area contributed by atoms with Crippen molar-refractivity contribution in [1.29, 1.82) is 0 Å². The molecule has 0 fully saturated rings. The first-order valence-corrected chi connectivity index (χ1v) is 12.8. The molecule has 0 spiro atoms. The molecule has 1 unspecified atom stereocenters. The van der Waals surface area contributed by atoms with E-state index in [9.17, 15) is 8.42 Å². The summed E-state index contributed by atoms with van der Waals surface area (Å²) < 4.78 is 27.3. The van der Waals surface area contributed by atoms with Gasteiger partial charge in [0.2, 0.25) is 10.0 Å². The Morgan fingerprint density at radius 1 is 1.21 bits per heavy atom. The van der Waals surface area contributed by atoms with Gasteiger partial charge in [-0.3, -0.25) is 0 Å². The quantitative estimate of drug-likeness (QED) is 0.420. The lowest BCUT2D eigenvalue weighted by molar-refractivity contribution is 0.295. The Morgan fingerprint density at radius 3 is 2.55 bits per heavy atom. The van der Waals surface area contributed by atoms with Crippen LogP contribution >= 0.6 is 31.6 Å². The lowest BCUT2D eigenvalue weighted by Gasteiger charge is -2.33. The fourth-order valence-electron chi connectivity index (χ4n) is 3.52. The number of benzene rings is 2. The topological polar surface area (TPSA) is 89.9 Å². The summed E-state index contributed by atoms with van der Waals surface area (Å²) in [6.45, 7) is 1.67. The zero-order valence-electron chi connectivity index (χ0n) is 15.8. The molecule has 29 heavy (non-hydrogen) atoms. The van der Waals surface area contributed by atoms with E-state index in [0.717, 1.165) is 29.8 Å². The summed E-state index contributed by atoms with van der Waals surface area (Å²) in [5.74, 6) is 0.0398. The van der Waals surface area contributed by atoms with Crippen molar-refractivity contribution in [2.45, 2.75) is 23.8 Å². The Balaban J connectivity index is 1.81. The highest BCUT2D eigenvalue weighted by molar-refractivity contribution is 7.89. The van der Waals surface area contributed by atoms with Crippen LogP contribution in [0.4, 0.5) is 0 Å². The van der Waals surface area contributed by atoms with Gasteiger partial charge in [0, 0.05) is 41.8 Å². The molecule has 1 heterocycles. The molecule has 2 aromatic rings. The van der Waals surface area contributed by atoms with Crippen molar-refractivity contribution in [3.63, 3.8) is 0 Å². The number of sulfonamides is 1. The second-order valence-corrected chi connectivity index (χ2v) is 10.9. The van der Waals surface area contributed by atoms with Crippen molar-refractivity contribution < 1.29 is 18.2 Å². The van der Waals surface area contributed by atoms with Crippen LogP contribution in [0.3, 0.4) is 0 Å². The van der Waals surface area contributed by atoms with Crippen LogP contribution in [0.15, 0.2) is 41.3 Å². The van der Waals surface area contributed by atoms with Crippen LogP contribution in [0.25, 0.3) is 0 Å². The third kappa shape index (κ3) is 5.69. The number of halogens is 2. The number of nitrogens with zero attached hydrogens (tertiary/aromatic N) is 1. The SMILES string of the molecule is CN1Cc2c(Cl)cc(Cl)cc2C(c2ccc(S(=O)(=O)NCCCP(O)O)cc2)C1. The lowest BCUT2D eigenvalue weighted by Crippen LogP contribution is -2.31. The Bertz CT molecular complexity index is 971. The molecule has 0 bridgehead atoms. The van der Waals surface area contributed by atoms with Gasteiger partial charge in [-0.25, -0.2) is 13.1 Å². The maximum atomic E-state index is 12.4. The molecule has 0 aliphatic carbocycles. The van der Waals surface area contributed by atoms with E-state index in [1.165, 1.54) is 0 Å². The van der Waals surface area contributed by atoms with E-state index >= 15 is 0 Å². The Kier molecular flexibility index (Phi) is 7.57. The normalized spacial score (nSPS) is 17.5. The minimum Gasteiger partial charge on any atom is -0.350 e. The van der Waals surface area contributed by atoms with Crippen LogP contribution < -0.4 is 4.72 Å². The summed E-state index contributed by atoms with van der Waals surface area (Å²) in [5, 5.41) is 1.23. The van der Waals surface area contributed by atoms with E-state index in [1.54, 1.807) is 18.2 Å². The molecule has 0 radical (unpaired) electrons. The molecule has 0 saturated carbocycles. The largest absolute Gasteiger partial charge is 0.350 e. The monoisotopic (exact) mass is 476 g/mol. The summed E-state index contributed by atoms with van der Waals surface area (Å²) in [4.78, 5) is 20.1. The fourth-order valence-corrected chi connectivity index (χ4v) is 5.60. The van der Waals surface area contributed by atoms with Gasteiger partial charge in [0.25, 0.3) is 0 Å². The van der Waals surface area contributed by atoms with E-state index in [-0.39, 0.29) is 23.5 Å². The Hall–Kier alpha value is -0.760. The number of rotatable bonds is 7. The van der Waals surface area contributed by atoms with Crippen LogP contribution in [0.2, 0.25) is 10.0 Å². The van der Waals surface area contributed by atoms with Gasteiger partial charge in [0.05, 0.1) is 4.90 Å². The zero-order valence-corrected chi connectivity index (χ0v) is 19.1. The van der Waals surface area contributed by atoms with Crippen LogP contribution in [-0.2, 0) is 16.6 Å². The first kappa shape index (κ1) is 22.9. The number of hydrogen-bond donors (Lipinski definition) is 3.